The normalized spacial score (nSPS) is 14.8. The van der Waals surface area contributed by atoms with Crippen molar-refractivity contribution in [1.29, 1.82) is 0 Å². The van der Waals surface area contributed by atoms with Gasteiger partial charge < -0.3 is 10.5 Å². The molecule has 2 aromatic rings. The van der Waals surface area contributed by atoms with E-state index in [4.69, 9.17) is 10.5 Å². The van der Waals surface area contributed by atoms with Gasteiger partial charge in [-0.05, 0) is 47.7 Å². The maximum absolute atomic E-state index is 5.82. The maximum Gasteiger partial charge on any atom is 0.122 e. The molecule has 2 aromatic carbocycles. The topological polar surface area (TPSA) is 35.2 Å². The Morgan fingerprint density at radius 2 is 1.84 bits per heavy atom. The first-order chi connectivity index (χ1) is 9.22. The second kappa shape index (κ2) is 5.06. The molecule has 2 nitrogen and oxygen atoms in total. The molecule has 0 amide bonds. The van der Waals surface area contributed by atoms with Crippen molar-refractivity contribution in [2.24, 2.45) is 5.73 Å². The Morgan fingerprint density at radius 3 is 2.58 bits per heavy atom. The van der Waals surface area contributed by atoms with E-state index >= 15 is 0 Å². The van der Waals surface area contributed by atoms with E-state index in [1.54, 1.807) is 0 Å². The second-order valence-electron chi connectivity index (χ2n) is 5.30. The Hall–Kier alpha value is -1.80. The molecule has 0 saturated carbocycles. The van der Waals surface area contributed by atoms with Crippen LogP contribution in [0.1, 0.15) is 18.1 Å². The van der Waals surface area contributed by atoms with Crippen LogP contribution in [0.2, 0.25) is 0 Å². The molecule has 2 heteroatoms. The van der Waals surface area contributed by atoms with Gasteiger partial charge in [-0.15, -0.1) is 0 Å². The molecule has 98 valence electrons. The average Bonchev–Trinajstić information content (AvgIpc) is 2.86. The lowest BCUT2D eigenvalue weighted by Crippen LogP contribution is -2.17. The van der Waals surface area contributed by atoms with Gasteiger partial charge in [0.15, 0.2) is 0 Å². The quantitative estimate of drug-likeness (QED) is 0.911. The number of hydrogen-bond donors (Lipinski definition) is 1. The van der Waals surface area contributed by atoms with Crippen molar-refractivity contribution >= 4 is 0 Å². The first kappa shape index (κ1) is 12.2. The maximum atomic E-state index is 5.82. The summed E-state index contributed by atoms with van der Waals surface area (Å²) in [7, 11) is 0. The average molecular weight is 253 g/mol. The fourth-order valence-corrected chi connectivity index (χ4v) is 2.57. The van der Waals surface area contributed by atoms with Crippen LogP contribution < -0.4 is 10.5 Å². The lowest BCUT2D eigenvalue weighted by atomic mass is 9.99. The van der Waals surface area contributed by atoms with E-state index < -0.39 is 0 Å². The zero-order valence-corrected chi connectivity index (χ0v) is 11.2. The monoisotopic (exact) mass is 253 g/mol. The molecule has 0 spiro atoms. The summed E-state index contributed by atoms with van der Waals surface area (Å²) in [6, 6.07) is 15.3. The molecule has 1 aliphatic rings. The predicted octanol–water partition coefficient (Wildman–Crippen LogP) is 3.18. The highest BCUT2D eigenvalue weighted by Crippen LogP contribution is 2.30. The highest BCUT2D eigenvalue weighted by Gasteiger charge is 2.12. The van der Waals surface area contributed by atoms with Gasteiger partial charge in [0.25, 0.3) is 0 Å². The molecule has 19 heavy (non-hydrogen) atoms. The first-order valence-electron chi connectivity index (χ1n) is 6.83. The largest absolute Gasteiger partial charge is 0.493 e. The molecule has 2 N–H and O–H groups in total. The van der Waals surface area contributed by atoms with Crippen LogP contribution in [0, 0.1) is 0 Å². The van der Waals surface area contributed by atoms with Crippen molar-refractivity contribution in [2.75, 3.05) is 6.61 Å². The van der Waals surface area contributed by atoms with Crippen molar-refractivity contribution in [3.63, 3.8) is 0 Å². The zero-order valence-electron chi connectivity index (χ0n) is 11.2. The molecule has 0 aliphatic carbocycles. The van der Waals surface area contributed by atoms with Gasteiger partial charge in [0.1, 0.15) is 5.75 Å². The number of rotatable bonds is 3. The number of hydrogen-bond acceptors (Lipinski definition) is 2. The van der Waals surface area contributed by atoms with Crippen LogP contribution >= 0.6 is 0 Å². The number of nitrogens with two attached hydrogens (primary N) is 1. The van der Waals surface area contributed by atoms with Gasteiger partial charge in [-0.1, -0.05) is 30.3 Å². The van der Waals surface area contributed by atoms with Gasteiger partial charge in [-0.3, -0.25) is 0 Å². The second-order valence-corrected chi connectivity index (χ2v) is 5.30. The number of benzene rings is 2. The molecule has 1 aliphatic heterocycles. The standard InChI is InChI=1S/C17H19NO/c1-12(18)10-13-2-4-14(5-3-13)15-6-7-17-16(11-15)8-9-19-17/h2-7,11-12H,8-10,18H2,1H3. The molecular formula is C17H19NO. The minimum atomic E-state index is 0.211. The van der Waals surface area contributed by atoms with Crippen LogP contribution in [0.5, 0.6) is 5.75 Å². The van der Waals surface area contributed by atoms with E-state index in [-0.39, 0.29) is 6.04 Å². The Kier molecular flexibility index (Phi) is 3.26. The van der Waals surface area contributed by atoms with Crippen LogP contribution in [0.15, 0.2) is 42.5 Å². The summed E-state index contributed by atoms with van der Waals surface area (Å²) in [5.41, 5.74) is 10.9. The summed E-state index contributed by atoms with van der Waals surface area (Å²) in [6.45, 7) is 2.85. The Morgan fingerprint density at radius 1 is 1.11 bits per heavy atom. The minimum absolute atomic E-state index is 0.211. The number of ether oxygens (including phenoxy) is 1. The summed E-state index contributed by atoms with van der Waals surface area (Å²) in [5, 5.41) is 0. The summed E-state index contributed by atoms with van der Waals surface area (Å²) < 4.78 is 5.54. The highest BCUT2D eigenvalue weighted by molar-refractivity contribution is 5.66. The van der Waals surface area contributed by atoms with E-state index in [9.17, 15) is 0 Å². The SMILES string of the molecule is CC(N)Cc1ccc(-c2ccc3c(c2)CCO3)cc1. The fourth-order valence-electron chi connectivity index (χ4n) is 2.57. The summed E-state index contributed by atoms with van der Waals surface area (Å²) >= 11 is 0. The molecular weight excluding hydrogens is 234 g/mol. The molecule has 3 rings (SSSR count). The number of fused-ring (bicyclic) bond motifs is 1. The lowest BCUT2D eigenvalue weighted by Gasteiger charge is -2.08. The Labute approximate surface area is 114 Å². The molecule has 0 fully saturated rings. The van der Waals surface area contributed by atoms with Crippen molar-refractivity contribution in [1.82, 2.24) is 0 Å². The Bertz CT molecular complexity index is 572. The third-order valence-electron chi connectivity index (χ3n) is 3.53. The molecule has 0 aromatic heterocycles. The van der Waals surface area contributed by atoms with Crippen molar-refractivity contribution < 1.29 is 4.74 Å². The summed E-state index contributed by atoms with van der Waals surface area (Å²) in [4.78, 5) is 0. The molecule has 0 radical (unpaired) electrons. The van der Waals surface area contributed by atoms with E-state index in [1.165, 1.54) is 22.3 Å². The predicted molar refractivity (Wildman–Crippen MR) is 78.4 cm³/mol. The highest BCUT2D eigenvalue weighted by atomic mass is 16.5. The lowest BCUT2D eigenvalue weighted by molar-refractivity contribution is 0.357. The summed E-state index contributed by atoms with van der Waals surface area (Å²) in [6.07, 6.45) is 1.95. The molecule has 1 heterocycles. The van der Waals surface area contributed by atoms with Crippen LogP contribution in [0.25, 0.3) is 11.1 Å². The van der Waals surface area contributed by atoms with Gasteiger partial charge in [0.2, 0.25) is 0 Å². The third kappa shape index (κ3) is 2.64. The van der Waals surface area contributed by atoms with Crippen LogP contribution in [-0.2, 0) is 12.8 Å². The van der Waals surface area contributed by atoms with Gasteiger partial charge in [0.05, 0.1) is 6.61 Å². The van der Waals surface area contributed by atoms with Gasteiger partial charge in [0, 0.05) is 12.5 Å². The van der Waals surface area contributed by atoms with Crippen molar-refractivity contribution in [3.8, 4) is 16.9 Å². The van der Waals surface area contributed by atoms with E-state index in [0.717, 1.165) is 25.2 Å². The Balaban J connectivity index is 1.86. The van der Waals surface area contributed by atoms with Crippen LogP contribution in [0.4, 0.5) is 0 Å². The molecule has 1 unspecified atom stereocenters. The van der Waals surface area contributed by atoms with E-state index in [2.05, 4.69) is 42.5 Å². The third-order valence-corrected chi connectivity index (χ3v) is 3.53. The van der Waals surface area contributed by atoms with Crippen LogP contribution in [0.3, 0.4) is 0 Å². The zero-order chi connectivity index (χ0) is 13.2. The van der Waals surface area contributed by atoms with Crippen molar-refractivity contribution in [3.05, 3.63) is 53.6 Å². The first-order valence-corrected chi connectivity index (χ1v) is 6.83. The van der Waals surface area contributed by atoms with Gasteiger partial charge >= 0.3 is 0 Å². The van der Waals surface area contributed by atoms with Gasteiger partial charge in [-0.2, -0.15) is 0 Å². The van der Waals surface area contributed by atoms with E-state index in [0.29, 0.717) is 0 Å². The minimum Gasteiger partial charge on any atom is -0.493 e. The van der Waals surface area contributed by atoms with E-state index in [1.807, 2.05) is 6.92 Å². The summed E-state index contributed by atoms with van der Waals surface area (Å²) in [5.74, 6) is 1.04. The molecule has 0 saturated heterocycles. The van der Waals surface area contributed by atoms with Crippen molar-refractivity contribution in [2.45, 2.75) is 25.8 Å². The molecule has 0 bridgehead atoms. The smallest absolute Gasteiger partial charge is 0.122 e. The molecule has 1 atom stereocenters. The van der Waals surface area contributed by atoms with Crippen LogP contribution in [-0.4, -0.2) is 12.6 Å². The fraction of sp³-hybridized carbons (Fsp3) is 0.294. The van der Waals surface area contributed by atoms with Gasteiger partial charge in [-0.25, -0.2) is 0 Å².